The molecule has 0 spiro atoms. The average Bonchev–Trinajstić information content (AvgIpc) is 3.08. The van der Waals surface area contributed by atoms with Crippen molar-refractivity contribution >= 4 is 11.6 Å². The van der Waals surface area contributed by atoms with Crippen LogP contribution in [0, 0.1) is 13.8 Å². The van der Waals surface area contributed by atoms with E-state index < -0.39 is 11.7 Å². The summed E-state index contributed by atoms with van der Waals surface area (Å²) in [6, 6.07) is 24.1. The molecule has 0 radical (unpaired) electrons. The second-order valence-electron chi connectivity index (χ2n) is 7.50. The fourth-order valence-electron chi connectivity index (χ4n) is 3.92. The summed E-state index contributed by atoms with van der Waals surface area (Å²) in [5.74, 6) is -0.378. The lowest BCUT2D eigenvalue weighted by molar-refractivity contribution is -0.137. The molecule has 0 unspecified atom stereocenters. The van der Waals surface area contributed by atoms with E-state index in [4.69, 9.17) is 0 Å². The molecule has 4 rings (SSSR count). The van der Waals surface area contributed by atoms with Gasteiger partial charge in [0.2, 0.25) is 0 Å². The standard InChI is InChI=1S/C26H21F3N2O/c1-17-16-21(18(2)31(17)24-15-9-7-13-22(24)26(27,28)29)25(32)30-23-14-8-6-12-20(23)19-10-4-3-5-11-19/h3-16H,1-2H3,(H,30,32). The van der Waals surface area contributed by atoms with Crippen molar-refractivity contribution in [2.24, 2.45) is 0 Å². The molecule has 1 aromatic heterocycles. The molecule has 1 N–H and O–H groups in total. The molecule has 0 bridgehead atoms. The number of carbonyl (C=O) groups is 1. The molecule has 0 aliphatic heterocycles. The number of para-hydroxylation sites is 2. The molecular formula is C26H21F3N2O. The van der Waals surface area contributed by atoms with Crippen molar-refractivity contribution in [1.82, 2.24) is 4.57 Å². The van der Waals surface area contributed by atoms with Gasteiger partial charge in [0, 0.05) is 22.6 Å². The lowest BCUT2D eigenvalue weighted by Gasteiger charge is -2.17. The monoisotopic (exact) mass is 434 g/mol. The second kappa shape index (κ2) is 8.38. The normalized spacial score (nSPS) is 11.4. The van der Waals surface area contributed by atoms with E-state index in [2.05, 4.69) is 5.32 Å². The number of halogens is 3. The molecule has 1 amide bonds. The minimum Gasteiger partial charge on any atom is -0.321 e. The van der Waals surface area contributed by atoms with Crippen LogP contribution in [0.4, 0.5) is 18.9 Å². The largest absolute Gasteiger partial charge is 0.418 e. The zero-order valence-electron chi connectivity index (χ0n) is 17.6. The molecular weight excluding hydrogens is 413 g/mol. The Hall–Kier alpha value is -3.80. The van der Waals surface area contributed by atoms with Crippen molar-refractivity contribution in [3.8, 4) is 16.8 Å². The molecule has 0 aliphatic carbocycles. The first-order valence-electron chi connectivity index (χ1n) is 10.1. The topological polar surface area (TPSA) is 34.0 Å². The van der Waals surface area contributed by atoms with E-state index in [1.165, 1.54) is 16.7 Å². The molecule has 0 atom stereocenters. The van der Waals surface area contributed by atoms with Crippen LogP contribution in [0.2, 0.25) is 0 Å². The first-order valence-corrected chi connectivity index (χ1v) is 10.1. The third-order valence-electron chi connectivity index (χ3n) is 5.39. The summed E-state index contributed by atoms with van der Waals surface area (Å²) in [6.07, 6.45) is -4.50. The van der Waals surface area contributed by atoms with Crippen molar-refractivity contribution in [2.75, 3.05) is 5.32 Å². The number of aryl methyl sites for hydroxylation is 1. The van der Waals surface area contributed by atoms with E-state index in [9.17, 15) is 18.0 Å². The van der Waals surface area contributed by atoms with Crippen LogP contribution < -0.4 is 5.32 Å². The van der Waals surface area contributed by atoms with Crippen LogP contribution in [0.25, 0.3) is 16.8 Å². The molecule has 6 heteroatoms. The number of hydrogen-bond donors (Lipinski definition) is 1. The van der Waals surface area contributed by atoms with Crippen LogP contribution in [0.15, 0.2) is 84.9 Å². The Bertz CT molecular complexity index is 1270. The zero-order valence-corrected chi connectivity index (χ0v) is 17.6. The third-order valence-corrected chi connectivity index (χ3v) is 5.39. The Morgan fingerprint density at radius 3 is 2.19 bits per heavy atom. The van der Waals surface area contributed by atoms with Gasteiger partial charge in [-0.2, -0.15) is 13.2 Å². The summed E-state index contributed by atoms with van der Waals surface area (Å²) in [6.45, 7) is 3.34. The van der Waals surface area contributed by atoms with Gasteiger partial charge in [-0.25, -0.2) is 0 Å². The summed E-state index contributed by atoms with van der Waals surface area (Å²) < 4.78 is 42.2. The first-order chi connectivity index (χ1) is 15.3. The van der Waals surface area contributed by atoms with Crippen molar-refractivity contribution < 1.29 is 18.0 Å². The highest BCUT2D eigenvalue weighted by atomic mass is 19.4. The predicted molar refractivity (Wildman–Crippen MR) is 120 cm³/mol. The van der Waals surface area contributed by atoms with Gasteiger partial charge in [-0.1, -0.05) is 60.7 Å². The highest BCUT2D eigenvalue weighted by Gasteiger charge is 2.34. The summed E-state index contributed by atoms with van der Waals surface area (Å²) in [7, 11) is 0. The fraction of sp³-hybridized carbons (Fsp3) is 0.115. The Balaban J connectivity index is 1.72. The number of aromatic nitrogens is 1. The smallest absolute Gasteiger partial charge is 0.321 e. The van der Waals surface area contributed by atoms with Crippen molar-refractivity contribution in [3.63, 3.8) is 0 Å². The molecule has 1 heterocycles. The Kier molecular flexibility index (Phi) is 5.61. The zero-order chi connectivity index (χ0) is 22.9. The third kappa shape index (κ3) is 4.04. The SMILES string of the molecule is Cc1cc(C(=O)Nc2ccccc2-c2ccccc2)c(C)n1-c1ccccc1C(F)(F)F. The average molecular weight is 434 g/mol. The number of amides is 1. The van der Waals surface area contributed by atoms with Crippen LogP contribution in [0.1, 0.15) is 27.3 Å². The molecule has 0 fully saturated rings. The highest BCUT2D eigenvalue weighted by Crippen LogP contribution is 2.36. The van der Waals surface area contributed by atoms with E-state index in [0.717, 1.165) is 17.2 Å². The summed E-state index contributed by atoms with van der Waals surface area (Å²) in [4.78, 5) is 13.2. The van der Waals surface area contributed by atoms with Gasteiger partial charge in [0.25, 0.3) is 5.91 Å². The lowest BCUT2D eigenvalue weighted by atomic mass is 10.0. The second-order valence-corrected chi connectivity index (χ2v) is 7.50. The maximum absolute atomic E-state index is 13.6. The Morgan fingerprint density at radius 1 is 0.844 bits per heavy atom. The molecule has 0 aliphatic rings. The molecule has 3 nitrogen and oxygen atoms in total. The number of alkyl halides is 3. The molecule has 4 aromatic rings. The molecule has 162 valence electrons. The number of hydrogen-bond acceptors (Lipinski definition) is 1. The predicted octanol–water partition coefficient (Wildman–Crippen LogP) is 7.03. The minimum atomic E-state index is -4.50. The van der Waals surface area contributed by atoms with E-state index in [1.807, 2.05) is 48.5 Å². The van der Waals surface area contributed by atoms with E-state index in [0.29, 0.717) is 22.6 Å². The van der Waals surface area contributed by atoms with E-state index in [-0.39, 0.29) is 11.6 Å². The minimum absolute atomic E-state index is 0.00117. The number of carbonyl (C=O) groups excluding carboxylic acids is 1. The van der Waals surface area contributed by atoms with Gasteiger partial charge >= 0.3 is 6.18 Å². The van der Waals surface area contributed by atoms with Gasteiger partial charge in [0.05, 0.1) is 16.8 Å². The van der Waals surface area contributed by atoms with Crippen LogP contribution in [0.3, 0.4) is 0 Å². The maximum Gasteiger partial charge on any atom is 0.418 e. The van der Waals surface area contributed by atoms with Gasteiger partial charge in [-0.15, -0.1) is 0 Å². The van der Waals surface area contributed by atoms with Crippen LogP contribution in [0.5, 0.6) is 0 Å². The summed E-state index contributed by atoms with van der Waals surface area (Å²) in [5, 5.41) is 2.93. The number of nitrogens with zero attached hydrogens (tertiary/aromatic N) is 1. The Labute approximate surface area is 184 Å². The van der Waals surface area contributed by atoms with Crippen LogP contribution in [-0.2, 0) is 6.18 Å². The molecule has 32 heavy (non-hydrogen) atoms. The van der Waals surface area contributed by atoms with Crippen LogP contribution in [-0.4, -0.2) is 10.5 Å². The quantitative estimate of drug-likeness (QED) is 0.367. The van der Waals surface area contributed by atoms with Crippen molar-refractivity contribution in [1.29, 1.82) is 0 Å². The maximum atomic E-state index is 13.6. The van der Waals surface area contributed by atoms with E-state index in [1.54, 1.807) is 32.0 Å². The molecule has 0 saturated heterocycles. The number of anilines is 1. The number of rotatable bonds is 4. The summed E-state index contributed by atoms with van der Waals surface area (Å²) >= 11 is 0. The Morgan fingerprint density at radius 2 is 1.47 bits per heavy atom. The van der Waals surface area contributed by atoms with Crippen molar-refractivity contribution in [3.05, 3.63) is 107 Å². The van der Waals surface area contributed by atoms with E-state index >= 15 is 0 Å². The van der Waals surface area contributed by atoms with Gasteiger partial charge in [0.1, 0.15) is 0 Å². The molecule has 3 aromatic carbocycles. The molecule has 0 saturated carbocycles. The van der Waals surface area contributed by atoms with Gasteiger partial charge in [0.15, 0.2) is 0 Å². The van der Waals surface area contributed by atoms with Gasteiger partial charge in [-0.3, -0.25) is 4.79 Å². The van der Waals surface area contributed by atoms with Crippen molar-refractivity contribution in [2.45, 2.75) is 20.0 Å². The number of nitrogens with one attached hydrogen (secondary N) is 1. The number of benzene rings is 3. The highest BCUT2D eigenvalue weighted by molar-refractivity contribution is 6.07. The fourth-order valence-corrected chi connectivity index (χ4v) is 3.92. The van der Waals surface area contributed by atoms with Gasteiger partial charge in [-0.05, 0) is 43.7 Å². The van der Waals surface area contributed by atoms with Gasteiger partial charge < -0.3 is 9.88 Å². The first kappa shape index (κ1) is 21.4. The lowest BCUT2D eigenvalue weighted by Crippen LogP contribution is -2.15. The summed E-state index contributed by atoms with van der Waals surface area (Å²) in [5.41, 5.74) is 2.99. The van der Waals surface area contributed by atoms with Crippen LogP contribution >= 0.6 is 0 Å².